The lowest BCUT2D eigenvalue weighted by atomic mass is 10.4. The molecule has 0 aromatic rings. The maximum atomic E-state index is 8.15. The van der Waals surface area contributed by atoms with E-state index in [4.69, 9.17) is 5.02 Å². The molecule has 0 amide bonds. The summed E-state index contributed by atoms with van der Waals surface area (Å²) >= 11 is 0. The van der Waals surface area contributed by atoms with Gasteiger partial charge in [-0.25, -0.2) is 0 Å². The number of hydrogen-bond acceptors (Lipinski definition) is 2. The van der Waals surface area contributed by atoms with Gasteiger partial charge >= 0.3 is 7.69 Å². The van der Waals surface area contributed by atoms with Gasteiger partial charge in [0.1, 0.15) is 0 Å². The molecule has 1 N–H and O–H groups in total. The van der Waals surface area contributed by atoms with Crippen LogP contribution in [0, 0.1) is 0 Å². The van der Waals surface area contributed by atoms with Crippen LogP contribution >= 0.6 is 0 Å². The van der Waals surface area contributed by atoms with E-state index in [1.807, 2.05) is 31.2 Å². The predicted molar refractivity (Wildman–Crippen MR) is 39.3 cm³/mol. The van der Waals surface area contributed by atoms with Crippen molar-refractivity contribution in [1.29, 1.82) is 0 Å². The maximum absolute atomic E-state index is 8.15. The first kappa shape index (κ1) is 8.46. The Morgan fingerprint density at radius 2 is 2.33 bits per heavy atom. The molecule has 0 fully saturated rings. The summed E-state index contributed by atoms with van der Waals surface area (Å²) in [7, 11) is -0.208. The standard InChI is InChI=1S/C6H11BO2/c1-2-3-4-5-6-9-7-8/h2-5,7-8H,6H2,1H3/b3-2-,5-4-. The molecule has 0 aromatic carbocycles. The molecular weight excluding hydrogens is 115 g/mol. The van der Waals surface area contributed by atoms with Crippen molar-refractivity contribution in [2.75, 3.05) is 6.61 Å². The highest BCUT2D eigenvalue weighted by atomic mass is 16.5. The molecule has 0 unspecified atom stereocenters. The smallest absolute Gasteiger partial charge is 0.430 e. The predicted octanol–water partition coefficient (Wildman–Crippen LogP) is 0.394. The van der Waals surface area contributed by atoms with Crippen LogP contribution in [0.4, 0.5) is 0 Å². The van der Waals surface area contributed by atoms with Crippen molar-refractivity contribution in [2.45, 2.75) is 6.92 Å². The van der Waals surface area contributed by atoms with Crippen LogP contribution in [0.3, 0.4) is 0 Å². The van der Waals surface area contributed by atoms with Gasteiger partial charge in [0.15, 0.2) is 0 Å². The summed E-state index contributed by atoms with van der Waals surface area (Å²) in [5.74, 6) is 0. The molecule has 0 bridgehead atoms. The molecule has 0 atom stereocenters. The molecule has 0 rings (SSSR count). The molecule has 0 heterocycles. The fourth-order valence-electron chi connectivity index (χ4n) is 0.366. The first-order valence-corrected chi connectivity index (χ1v) is 2.88. The van der Waals surface area contributed by atoms with Gasteiger partial charge in [0.25, 0.3) is 0 Å². The minimum atomic E-state index is -0.208. The lowest BCUT2D eigenvalue weighted by molar-refractivity contribution is 0.320. The Balaban J connectivity index is 3.04. The first-order valence-electron chi connectivity index (χ1n) is 2.88. The average Bonchev–Trinajstić information content (AvgIpc) is 1.89. The van der Waals surface area contributed by atoms with Gasteiger partial charge in [0.05, 0.1) is 0 Å². The molecule has 0 aliphatic carbocycles. The zero-order chi connectivity index (χ0) is 6.95. The van der Waals surface area contributed by atoms with Crippen molar-refractivity contribution in [1.82, 2.24) is 0 Å². The highest BCUT2D eigenvalue weighted by Gasteiger charge is 1.76. The van der Waals surface area contributed by atoms with Crippen molar-refractivity contribution in [3.63, 3.8) is 0 Å². The molecule has 3 heteroatoms. The second-order valence-electron chi connectivity index (χ2n) is 1.45. The van der Waals surface area contributed by atoms with Crippen LogP contribution in [0.15, 0.2) is 24.3 Å². The van der Waals surface area contributed by atoms with Gasteiger partial charge < -0.3 is 9.68 Å². The maximum Gasteiger partial charge on any atom is 0.435 e. The SMILES string of the molecule is C/C=C\C=C/COBO. The molecule has 0 saturated heterocycles. The van der Waals surface area contributed by atoms with E-state index in [0.29, 0.717) is 6.61 Å². The van der Waals surface area contributed by atoms with Gasteiger partial charge in [-0.15, -0.1) is 0 Å². The molecule has 9 heavy (non-hydrogen) atoms. The van der Waals surface area contributed by atoms with E-state index in [1.165, 1.54) is 0 Å². The highest BCUT2D eigenvalue weighted by Crippen LogP contribution is 1.76. The van der Waals surface area contributed by atoms with Gasteiger partial charge in [-0.05, 0) is 6.92 Å². The van der Waals surface area contributed by atoms with Crippen LogP contribution in [0.1, 0.15) is 6.92 Å². The lowest BCUT2D eigenvalue weighted by Crippen LogP contribution is -1.95. The van der Waals surface area contributed by atoms with Gasteiger partial charge in [0, 0.05) is 6.61 Å². The summed E-state index contributed by atoms with van der Waals surface area (Å²) in [6.45, 7) is 2.41. The fraction of sp³-hybridized carbons (Fsp3) is 0.333. The summed E-state index contributed by atoms with van der Waals surface area (Å²) in [6.07, 6.45) is 7.53. The quantitative estimate of drug-likeness (QED) is 0.335. The van der Waals surface area contributed by atoms with Crippen molar-refractivity contribution in [3.05, 3.63) is 24.3 Å². The molecule has 50 valence electrons. The zero-order valence-corrected chi connectivity index (χ0v) is 5.58. The van der Waals surface area contributed by atoms with E-state index in [2.05, 4.69) is 4.65 Å². The van der Waals surface area contributed by atoms with E-state index < -0.39 is 0 Å². The van der Waals surface area contributed by atoms with Crippen LogP contribution in [0.5, 0.6) is 0 Å². The highest BCUT2D eigenvalue weighted by molar-refractivity contribution is 6.15. The average molecular weight is 126 g/mol. The van der Waals surface area contributed by atoms with Crippen molar-refractivity contribution in [2.24, 2.45) is 0 Å². The monoisotopic (exact) mass is 126 g/mol. The third kappa shape index (κ3) is 7.46. The molecule has 0 saturated carbocycles. The Morgan fingerprint density at radius 1 is 1.56 bits per heavy atom. The third-order valence-electron chi connectivity index (χ3n) is 0.745. The molecule has 0 aliphatic heterocycles. The molecule has 0 spiro atoms. The fourth-order valence-corrected chi connectivity index (χ4v) is 0.366. The zero-order valence-electron chi connectivity index (χ0n) is 5.58. The van der Waals surface area contributed by atoms with Crippen molar-refractivity contribution < 1.29 is 9.68 Å². The Morgan fingerprint density at radius 3 is 2.89 bits per heavy atom. The molecule has 0 aliphatic rings. The minimum Gasteiger partial charge on any atom is -0.430 e. The summed E-state index contributed by atoms with van der Waals surface area (Å²) in [4.78, 5) is 0. The Hall–Kier alpha value is -0.535. The largest absolute Gasteiger partial charge is 0.435 e. The number of rotatable bonds is 4. The van der Waals surface area contributed by atoms with Gasteiger partial charge in [-0.2, -0.15) is 0 Å². The molecule has 0 radical (unpaired) electrons. The molecular formula is C6H11BO2. The van der Waals surface area contributed by atoms with Gasteiger partial charge in [0.2, 0.25) is 0 Å². The van der Waals surface area contributed by atoms with Crippen LogP contribution < -0.4 is 0 Å². The first-order chi connectivity index (χ1) is 4.41. The summed E-state index contributed by atoms with van der Waals surface area (Å²) in [6, 6.07) is 0. The Kier molecular flexibility index (Phi) is 7.02. The Bertz CT molecular complexity index is 99.2. The number of hydrogen-bond donors (Lipinski definition) is 1. The van der Waals surface area contributed by atoms with Crippen LogP contribution in [0.2, 0.25) is 0 Å². The second-order valence-corrected chi connectivity index (χ2v) is 1.45. The normalized spacial score (nSPS) is 11.3. The van der Waals surface area contributed by atoms with Gasteiger partial charge in [-0.3, -0.25) is 0 Å². The van der Waals surface area contributed by atoms with E-state index in [0.717, 1.165) is 0 Å². The second kappa shape index (κ2) is 7.46. The number of allylic oxidation sites excluding steroid dienone is 3. The van der Waals surface area contributed by atoms with Crippen LogP contribution in [0.25, 0.3) is 0 Å². The van der Waals surface area contributed by atoms with Crippen molar-refractivity contribution in [3.8, 4) is 0 Å². The molecule has 0 aromatic heterocycles. The lowest BCUT2D eigenvalue weighted by Gasteiger charge is -1.87. The van der Waals surface area contributed by atoms with E-state index in [1.54, 1.807) is 0 Å². The topological polar surface area (TPSA) is 29.5 Å². The summed E-state index contributed by atoms with van der Waals surface area (Å²) in [5.41, 5.74) is 0. The summed E-state index contributed by atoms with van der Waals surface area (Å²) in [5, 5.41) is 8.15. The third-order valence-corrected chi connectivity index (χ3v) is 0.745. The van der Waals surface area contributed by atoms with E-state index >= 15 is 0 Å². The van der Waals surface area contributed by atoms with E-state index in [-0.39, 0.29) is 7.69 Å². The Labute approximate surface area is 56.1 Å². The van der Waals surface area contributed by atoms with Crippen LogP contribution in [-0.2, 0) is 4.65 Å². The van der Waals surface area contributed by atoms with Gasteiger partial charge in [-0.1, -0.05) is 24.3 Å². The molecule has 2 nitrogen and oxygen atoms in total. The van der Waals surface area contributed by atoms with Crippen LogP contribution in [-0.4, -0.2) is 19.3 Å². The minimum absolute atomic E-state index is 0.208. The van der Waals surface area contributed by atoms with Crippen molar-refractivity contribution >= 4 is 7.69 Å². The summed E-state index contributed by atoms with van der Waals surface area (Å²) < 4.78 is 4.61. The van der Waals surface area contributed by atoms with E-state index in [9.17, 15) is 0 Å².